The van der Waals surface area contributed by atoms with Gasteiger partial charge in [-0.1, -0.05) is 6.42 Å². The first-order valence-electron chi connectivity index (χ1n) is 10.1. The molecule has 31 heavy (non-hydrogen) atoms. The molecule has 0 saturated heterocycles. The number of rotatable bonds is 6. The highest BCUT2D eigenvalue weighted by Crippen LogP contribution is 2.37. The number of sulfonamides is 1. The lowest BCUT2D eigenvalue weighted by Crippen LogP contribution is -2.41. The van der Waals surface area contributed by atoms with Crippen molar-refractivity contribution >= 4 is 27.0 Å². The van der Waals surface area contributed by atoms with E-state index in [1.54, 1.807) is 17.7 Å². The first-order chi connectivity index (χ1) is 14.4. The van der Waals surface area contributed by atoms with Crippen LogP contribution in [0, 0.1) is 5.92 Å². The SMILES string of the molecule is CN(C)S(=O)(=O)c1ccc2c(c1)nc(CCC(=O)NC1CCCC(C(F)(F)F)C1)n2C. The number of carbonyl (C=O) groups is 1. The third-order valence-corrected chi connectivity index (χ3v) is 7.61. The summed E-state index contributed by atoms with van der Waals surface area (Å²) >= 11 is 0. The van der Waals surface area contributed by atoms with Gasteiger partial charge >= 0.3 is 6.18 Å². The number of aromatic nitrogens is 2. The Bertz CT molecular complexity index is 1060. The number of hydrogen-bond acceptors (Lipinski definition) is 4. The molecule has 0 radical (unpaired) electrons. The zero-order valence-electron chi connectivity index (χ0n) is 17.7. The van der Waals surface area contributed by atoms with Crippen molar-refractivity contribution in [3.8, 4) is 0 Å². The molecule has 11 heteroatoms. The van der Waals surface area contributed by atoms with E-state index in [1.165, 1.54) is 26.2 Å². The third kappa shape index (κ3) is 5.20. The average Bonchev–Trinajstić information content (AvgIpc) is 3.01. The molecule has 1 aromatic carbocycles. The van der Waals surface area contributed by atoms with Gasteiger partial charge in [0, 0.05) is 40.0 Å². The molecular weight excluding hydrogens is 433 g/mol. The minimum Gasteiger partial charge on any atom is -0.353 e. The van der Waals surface area contributed by atoms with Crippen LogP contribution < -0.4 is 5.32 Å². The fraction of sp³-hybridized carbons (Fsp3) is 0.600. The Hall–Kier alpha value is -2.14. The predicted octanol–water partition coefficient (Wildman–Crippen LogP) is 2.99. The summed E-state index contributed by atoms with van der Waals surface area (Å²) in [5, 5.41) is 2.73. The van der Waals surface area contributed by atoms with Gasteiger partial charge in [0.15, 0.2) is 0 Å². The van der Waals surface area contributed by atoms with Crippen molar-refractivity contribution in [1.29, 1.82) is 0 Å². The van der Waals surface area contributed by atoms with Crippen molar-refractivity contribution in [2.45, 2.75) is 55.6 Å². The molecule has 1 amide bonds. The van der Waals surface area contributed by atoms with Gasteiger partial charge in [-0.25, -0.2) is 17.7 Å². The Morgan fingerprint density at radius 1 is 1.29 bits per heavy atom. The smallest absolute Gasteiger partial charge is 0.353 e. The molecule has 1 fully saturated rings. The molecule has 1 aliphatic rings. The van der Waals surface area contributed by atoms with Gasteiger partial charge in [-0.15, -0.1) is 0 Å². The van der Waals surface area contributed by atoms with Gasteiger partial charge in [0.2, 0.25) is 15.9 Å². The van der Waals surface area contributed by atoms with Crippen molar-refractivity contribution in [2.75, 3.05) is 14.1 Å². The average molecular weight is 461 g/mol. The maximum absolute atomic E-state index is 12.9. The van der Waals surface area contributed by atoms with Crippen LogP contribution in [0.4, 0.5) is 13.2 Å². The number of halogens is 3. The maximum Gasteiger partial charge on any atom is 0.391 e. The van der Waals surface area contributed by atoms with Gasteiger partial charge in [-0.2, -0.15) is 13.2 Å². The van der Waals surface area contributed by atoms with Crippen molar-refractivity contribution < 1.29 is 26.4 Å². The number of aryl methyl sites for hydroxylation is 2. The molecule has 172 valence electrons. The first-order valence-corrected chi connectivity index (χ1v) is 11.6. The van der Waals surface area contributed by atoms with E-state index in [1.807, 2.05) is 0 Å². The topological polar surface area (TPSA) is 84.3 Å². The van der Waals surface area contributed by atoms with Gasteiger partial charge < -0.3 is 9.88 Å². The summed E-state index contributed by atoms with van der Waals surface area (Å²) in [5.41, 5.74) is 1.23. The van der Waals surface area contributed by atoms with E-state index in [0.29, 0.717) is 30.6 Å². The standard InChI is InChI=1S/C20H27F3N4O3S/c1-26(2)31(29,30)15-7-8-17-16(12-15)25-18(27(17)3)9-10-19(28)24-14-6-4-5-13(11-14)20(21,22)23/h7-8,12-14H,4-6,9-11H2,1-3H3,(H,24,28). The molecule has 7 nitrogen and oxygen atoms in total. The minimum absolute atomic E-state index is 0.0787. The highest BCUT2D eigenvalue weighted by atomic mass is 32.2. The van der Waals surface area contributed by atoms with Gasteiger partial charge in [0.25, 0.3) is 0 Å². The fourth-order valence-corrected chi connectivity index (χ4v) is 4.89. The molecule has 1 saturated carbocycles. The van der Waals surface area contributed by atoms with Crippen LogP contribution in [0.15, 0.2) is 23.1 Å². The summed E-state index contributed by atoms with van der Waals surface area (Å²) in [6, 6.07) is 4.21. The van der Waals surface area contributed by atoms with Crippen molar-refractivity contribution in [1.82, 2.24) is 19.2 Å². The molecular formula is C20H27F3N4O3S. The summed E-state index contributed by atoms with van der Waals surface area (Å²) in [6.45, 7) is 0. The number of carbonyl (C=O) groups excluding carboxylic acids is 1. The molecule has 1 aromatic heterocycles. The lowest BCUT2D eigenvalue weighted by atomic mass is 9.85. The van der Waals surface area contributed by atoms with E-state index in [0.717, 1.165) is 9.82 Å². The zero-order valence-corrected chi connectivity index (χ0v) is 18.6. The molecule has 2 unspecified atom stereocenters. The van der Waals surface area contributed by atoms with Crippen molar-refractivity contribution in [3.05, 3.63) is 24.0 Å². The van der Waals surface area contributed by atoms with Crippen LogP contribution in [0.5, 0.6) is 0 Å². The second-order valence-electron chi connectivity index (χ2n) is 8.19. The number of imidazole rings is 1. The van der Waals surface area contributed by atoms with Crippen LogP contribution in [0.1, 0.15) is 37.9 Å². The van der Waals surface area contributed by atoms with E-state index in [9.17, 15) is 26.4 Å². The third-order valence-electron chi connectivity index (χ3n) is 5.80. The van der Waals surface area contributed by atoms with E-state index >= 15 is 0 Å². The predicted molar refractivity (Wildman–Crippen MR) is 110 cm³/mol. The Morgan fingerprint density at radius 3 is 2.65 bits per heavy atom. The number of benzene rings is 1. The quantitative estimate of drug-likeness (QED) is 0.718. The summed E-state index contributed by atoms with van der Waals surface area (Å²) < 4.78 is 66.4. The highest BCUT2D eigenvalue weighted by Gasteiger charge is 2.42. The van der Waals surface area contributed by atoms with Crippen molar-refractivity contribution in [2.24, 2.45) is 13.0 Å². The number of nitrogens with one attached hydrogen (secondary N) is 1. The molecule has 0 spiro atoms. The van der Waals surface area contributed by atoms with Crippen LogP contribution in [0.3, 0.4) is 0 Å². The summed E-state index contributed by atoms with van der Waals surface area (Å²) in [4.78, 5) is 16.9. The second kappa shape index (κ2) is 8.78. The molecule has 3 rings (SSSR count). The van der Waals surface area contributed by atoms with Crippen LogP contribution in [0.25, 0.3) is 11.0 Å². The molecule has 1 N–H and O–H groups in total. The summed E-state index contributed by atoms with van der Waals surface area (Å²) in [7, 11) is 1.09. The Kier molecular flexibility index (Phi) is 6.66. The second-order valence-corrected chi connectivity index (χ2v) is 10.3. The normalized spacial score (nSPS) is 20.4. The molecule has 0 bridgehead atoms. The minimum atomic E-state index is -4.23. The first kappa shape index (κ1) is 23.5. The van der Waals surface area contributed by atoms with Crippen LogP contribution >= 0.6 is 0 Å². The zero-order chi connectivity index (χ0) is 23.0. The van der Waals surface area contributed by atoms with Gasteiger partial charge in [-0.3, -0.25) is 4.79 Å². The molecule has 1 aliphatic carbocycles. The number of hydrogen-bond donors (Lipinski definition) is 1. The fourth-order valence-electron chi connectivity index (χ4n) is 3.97. The largest absolute Gasteiger partial charge is 0.391 e. The maximum atomic E-state index is 12.9. The Labute approximate surface area is 179 Å². The number of nitrogens with zero attached hydrogens (tertiary/aromatic N) is 3. The monoisotopic (exact) mass is 460 g/mol. The molecule has 0 aliphatic heterocycles. The van der Waals surface area contributed by atoms with Crippen LogP contribution in [0.2, 0.25) is 0 Å². The lowest BCUT2D eigenvalue weighted by Gasteiger charge is -2.31. The number of alkyl halides is 3. The summed E-state index contributed by atoms with van der Waals surface area (Å²) in [6.07, 6.45) is -2.82. The van der Waals surface area contributed by atoms with Crippen LogP contribution in [-0.2, 0) is 28.3 Å². The highest BCUT2D eigenvalue weighted by molar-refractivity contribution is 7.89. The van der Waals surface area contributed by atoms with Crippen LogP contribution in [-0.4, -0.2) is 54.5 Å². The van der Waals surface area contributed by atoms with E-state index in [2.05, 4.69) is 10.3 Å². The Morgan fingerprint density at radius 2 is 2.00 bits per heavy atom. The van der Waals surface area contributed by atoms with Gasteiger partial charge in [-0.05, 0) is 37.5 Å². The van der Waals surface area contributed by atoms with Gasteiger partial charge in [0.05, 0.1) is 21.8 Å². The number of fused-ring (bicyclic) bond motifs is 1. The Balaban J connectivity index is 1.65. The summed E-state index contributed by atoms with van der Waals surface area (Å²) in [5.74, 6) is -1.07. The van der Waals surface area contributed by atoms with Crippen molar-refractivity contribution in [3.63, 3.8) is 0 Å². The van der Waals surface area contributed by atoms with E-state index in [4.69, 9.17) is 0 Å². The molecule has 2 atom stereocenters. The number of amides is 1. The van der Waals surface area contributed by atoms with E-state index in [-0.39, 0.29) is 30.1 Å². The molecule has 1 heterocycles. The van der Waals surface area contributed by atoms with E-state index < -0.39 is 28.2 Å². The van der Waals surface area contributed by atoms with Gasteiger partial charge in [0.1, 0.15) is 5.82 Å². The molecule has 2 aromatic rings. The lowest BCUT2D eigenvalue weighted by molar-refractivity contribution is -0.184.